The van der Waals surface area contributed by atoms with Crippen LogP contribution < -0.4 is 14.4 Å². The second-order valence-electron chi connectivity index (χ2n) is 8.51. The fourth-order valence-corrected chi connectivity index (χ4v) is 5.30. The molecule has 0 aliphatic rings. The number of hydrogen-bond donors (Lipinski definition) is 1. The maximum Gasteiger partial charge on any atom is 0.244 e. The van der Waals surface area contributed by atoms with E-state index in [4.69, 9.17) is 27.9 Å². The summed E-state index contributed by atoms with van der Waals surface area (Å²) in [6, 6.07) is 19.5. The standard InChI is InChI=1S/C27H29Cl2N3O5S/c1-30-27(34)25(16-19-8-5-4-6-9-19)31(17-22-23(28)10-7-11-24(22)29)26(33)18-32(38(3,35)36)20-12-14-21(37-2)15-13-20/h4-15,25H,16-18H2,1-3H3,(H,30,34)/t25-/m0/s1. The fourth-order valence-electron chi connectivity index (χ4n) is 3.94. The minimum absolute atomic E-state index is 0.109. The van der Waals surface area contributed by atoms with Crippen molar-refractivity contribution in [3.63, 3.8) is 0 Å². The molecule has 1 N–H and O–H groups in total. The van der Waals surface area contributed by atoms with Crippen molar-refractivity contribution in [2.45, 2.75) is 19.0 Å². The average Bonchev–Trinajstić information content (AvgIpc) is 2.90. The first-order valence-electron chi connectivity index (χ1n) is 11.6. The summed E-state index contributed by atoms with van der Waals surface area (Å²) in [6.45, 7) is -0.655. The number of carbonyl (C=O) groups is 2. The molecule has 0 aromatic heterocycles. The van der Waals surface area contributed by atoms with E-state index >= 15 is 0 Å². The normalized spacial score (nSPS) is 11.9. The molecule has 0 heterocycles. The zero-order valence-electron chi connectivity index (χ0n) is 21.2. The largest absolute Gasteiger partial charge is 0.497 e. The number of sulfonamides is 1. The van der Waals surface area contributed by atoms with Gasteiger partial charge in [-0.15, -0.1) is 0 Å². The molecular weight excluding hydrogens is 549 g/mol. The van der Waals surface area contributed by atoms with Crippen LogP contribution in [0.15, 0.2) is 72.8 Å². The number of benzene rings is 3. The first kappa shape index (κ1) is 29.3. The summed E-state index contributed by atoms with van der Waals surface area (Å²) < 4.78 is 31.7. The molecule has 0 fully saturated rings. The highest BCUT2D eigenvalue weighted by molar-refractivity contribution is 7.92. The van der Waals surface area contributed by atoms with E-state index in [1.807, 2.05) is 30.3 Å². The molecule has 2 amide bonds. The molecule has 8 nitrogen and oxygen atoms in total. The molecule has 11 heteroatoms. The van der Waals surface area contributed by atoms with Crippen LogP contribution in [0.5, 0.6) is 5.75 Å². The molecule has 202 valence electrons. The van der Waals surface area contributed by atoms with Crippen LogP contribution in [0.3, 0.4) is 0 Å². The van der Waals surface area contributed by atoms with Crippen molar-refractivity contribution in [1.82, 2.24) is 10.2 Å². The maximum absolute atomic E-state index is 13.9. The van der Waals surface area contributed by atoms with Crippen molar-refractivity contribution in [2.75, 3.05) is 31.3 Å². The number of halogens is 2. The Bertz CT molecular complexity index is 1350. The van der Waals surface area contributed by atoms with Crippen molar-refractivity contribution in [2.24, 2.45) is 0 Å². The number of anilines is 1. The van der Waals surface area contributed by atoms with E-state index in [1.54, 1.807) is 42.5 Å². The SMILES string of the molecule is CNC(=O)[C@H](Cc1ccccc1)N(Cc1c(Cl)cccc1Cl)C(=O)CN(c1ccc(OC)cc1)S(C)(=O)=O. The number of rotatable bonds is 11. The first-order valence-corrected chi connectivity index (χ1v) is 14.2. The summed E-state index contributed by atoms with van der Waals surface area (Å²) in [5, 5.41) is 3.26. The van der Waals surface area contributed by atoms with E-state index in [0.717, 1.165) is 16.1 Å². The van der Waals surface area contributed by atoms with Gasteiger partial charge in [0.25, 0.3) is 0 Å². The highest BCUT2D eigenvalue weighted by Crippen LogP contribution is 2.28. The summed E-state index contributed by atoms with van der Waals surface area (Å²) >= 11 is 12.8. The van der Waals surface area contributed by atoms with E-state index in [-0.39, 0.29) is 18.7 Å². The molecule has 3 rings (SSSR count). The van der Waals surface area contributed by atoms with Gasteiger partial charge in [-0.2, -0.15) is 0 Å². The van der Waals surface area contributed by atoms with Crippen molar-refractivity contribution in [3.8, 4) is 5.75 Å². The molecule has 0 radical (unpaired) electrons. The van der Waals surface area contributed by atoms with Gasteiger partial charge in [-0.25, -0.2) is 8.42 Å². The van der Waals surface area contributed by atoms with Crippen molar-refractivity contribution < 1.29 is 22.7 Å². The van der Waals surface area contributed by atoms with Gasteiger partial charge in [-0.3, -0.25) is 13.9 Å². The van der Waals surface area contributed by atoms with Gasteiger partial charge in [0.1, 0.15) is 18.3 Å². The van der Waals surface area contributed by atoms with Crippen LogP contribution in [-0.4, -0.2) is 58.1 Å². The van der Waals surface area contributed by atoms with Gasteiger partial charge in [0.15, 0.2) is 0 Å². The van der Waals surface area contributed by atoms with Crippen LogP contribution in [0.4, 0.5) is 5.69 Å². The third kappa shape index (κ3) is 7.40. The average molecular weight is 579 g/mol. The Balaban J connectivity index is 2.06. The number of methoxy groups -OCH3 is 1. The Labute approximate surface area is 233 Å². The van der Waals surface area contributed by atoms with E-state index in [9.17, 15) is 18.0 Å². The van der Waals surface area contributed by atoms with Crippen molar-refractivity contribution >= 4 is 50.7 Å². The topological polar surface area (TPSA) is 96.0 Å². The quantitative estimate of drug-likeness (QED) is 0.369. The van der Waals surface area contributed by atoms with Gasteiger partial charge >= 0.3 is 0 Å². The molecule has 0 bridgehead atoms. The summed E-state index contributed by atoms with van der Waals surface area (Å²) in [5.74, 6) is -0.487. The molecule has 0 unspecified atom stereocenters. The lowest BCUT2D eigenvalue weighted by Crippen LogP contribution is -2.53. The Morgan fingerprint density at radius 3 is 2.08 bits per heavy atom. The molecule has 1 atom stereocenters. The van der Waals surface area contributed by atoms with Gasteiger partial charge in [-0.05, 0) is 42.0 Å². The van der Waals surface area contributed by atoms with Gasteiger partial charge in [-0.1, -0.05) is 59.6 Å². The molecule has 0 spiro atoms. The summed E-state index contributed by atoms with van der Waals surface area (Å²) in [4.78, 5) is 28.4. The Kier molecular flexibility index (Phi) is 10.0. The highest BCUT2D eigenvalue weighted by Gasteiger charge is 2.33. The van der Waals surface area contributed by atoms with Crippen LogP contribution in [0.2, 0.25) is 10.0 Å². The van der Waals surface area contributed by atoms with Crippen molar-refractivity contribution in [3.05, 3.63) is 94.0 Å². The fraction of sp³-hybridized carbons (Fsp3) is 0.259. The molecule has 3 aromatic rings. The minimum atomic E-state index is -3.87. The molecule has 0 aliphatic heterocycles. The molecular formula is C27H29Cl2N3O5S. The predicted octanol–water partition coefficient (Wildman–Crippen LogP) is 4.15. The molecule has 0 saturated carbocycles. The number of carbonyl (C=O) groups excluding carboxylic acids is 2. The number of nitrogens with zero attached hydrogens (tertiary/aromatic N) is 2. The summed E-state index contributed by atoms with van der Waals surface area (Å²) in [7, 11) is -0.899. The van der Waals surface area contributed by atoms with E-state index in [0.29, 0.717) is 21.4 Å². The molecule has 0 saturated heterocycles. The zero-order valence-corrected chi connectivity index (χ0v) is 23.6. The van der Waals surface area contributed by atoms with Gasteiger partial charge in [0, 0.05) is 35.6 Å². The van der Waals surface area contributed by atoms with Crippen LogP contribution in [0, 0.1) is 0 Å². The van der Waals surface area contributed by atoms with Crippen LogP contribution >= 0.6 is 23.2 Å². The lowest BCUT2D eigenvalue weighted by Gasteiger charge is -2.33. The van der Waals surface area contributed by atoms with Gasteiger partial charge in [0.05, 0.1) is 19.1 Å². The smallest absolute Gasteiger partial charge is 0.244 e. The zero-order chi connectivity index (χ0) is 27.9. The second-order valence-corrected chi connectivity index (χ2v) is 11.2. The lowest BCUT2D eigenvalue weighted by atomic mass is 10.0. The van der Waals surface area contributed by atoms with Gasteiger partial charge < -0.3 is 15.0 Å². The van der Waals surface area contributed by atoms with E-state index in [1.165, 1.54) is 19.1 Å². The monoisotopic (exact) mass is 577 g/mol. The molecule has 0 aliphatic carbocycles. The third-order valence-electron chi connectivity index (χ3n) is 5.95. The van der Waals surface area contributed by atoms with Crippen LogP contribution in [0.1, 0.15) is 11.1 Å². The Morgan fingerprint density at radius 2 is 1.55 bits per heavy atom. The third-order valence-corrected chi connectivity index (χ3v) is 7.80. The van der Waals surface area contributed by atoms with Crippen molar-refractivity contribution in [1.29, 1.82) is 0 Å². The first-order chi connectivity index (χ1) is 18.0. The Hall–Kier alpha value is -3.27. The molecule has 3 aromatic carbocycles. The summed E-state index contributed by atoms with van der Waals surface area (Å²) in [6.07, 6.45) is 1.20. The number of hydrogen-bond acceptors (Lipinski definition) is 5. The highest BCUT2D eigenvalue weighted by atomic mass is 35.5. The number of amides is 2. The number of nitrogens with one attached hydrogen (secondary N) is 1. The maximum atomic E-state index is 13.9. The van der Waals surface area contributed by atoms with E-state index in [2.05, 4.69) is 5.32 Å². The van der Waals surface area contributed by atoms with Crippen LogP contribution in [0.25, 0.3) is 0 Å². The van der Waals surface area contributed by atoms with Gasteiger partial charge in [0.2, 0.25) is 21.8 Å². The number of likely N-dealkylation sites (N-methyl/N-ethyl adjacent to an activating group) is 1. The van der Waals surface area contributed by atoms with E-state index < -0.39 is 34.4 Å². The lowest BCUT2D eigenvalue weighted by molar-refractivity contribution is -0.139. The second kappa shape index (κ2) is 13.0. The Morgan fingerprint density at radius 1 is 0.947 bits per heavy atom. The molecule has 38 heavy (non-hydrogen) atoms. The summed E-state index contributed by atoms with van der Waals surface area (Å²) in [5.41, 5.74) is 1.54. The predicted molar refractivity (Wildman–Crippen MR) is 150 cm³/mol. The van der Waals surface area contributed by atoms with Crippen LogP contribution in [-0.2, 0) is 32.6 Å². The minimum Gasteiger partial charge on any atom is -0.497 e. The number of ether oxygens (including phenoxy) is 1.